The van der Waals surface area contributed by atoms with Crippen molar-refractivity contribution in [2.75, 3.05) is 13.2 Å². The maximum Gasteiger partial charge on any atom is 0.306 e. The molecule has 0 aliphatic heterocycles. The van der Waals surface area contributed by atoms with Crippen LogP contribution in [-0.2, 0) is 28.6 Å². The second-order valence-corrected chi connectivity index (χ2v) is 20.9. The lowest BCUT2D eigenvalue weighted by molar-refractivity contribution is -0.167. The molecule has 0 N–H and O–H groups in total. The minimum absolute atomic E-state index is 0.0964. The van der Waals surface area contributed by atoms with E-state index in [1.54, 1.807) is 0 Å². The molecule has 0 saturated heterocycles. The standard InChI is InChI=1S/C68H118O6/c1-4-7-10-13-16-19-22-25-28-30-31-32-33-34-35-36-37-39-40-43-46-49-52-55-58-61-67(70)73-64-65(63-72-66(69)60-57-54-51-48-45-42-27-24-21-18-15-12-9-6-3)74-68(71)62-59-56-53-50-47-44-41-38-29-26-23-20-17-14-11-8-5-2/h8,11,17,20,22,25-26,29-31,41,44,50,53,65H,4-7,9-10,12-16,18-19,21,23-24,27-28,32-40,42-43,45-49,51-52,54-64H2,1-3H3/b11-8-,20-17-,25-22-,29-26-,31-30-,44-41-,53-50-. The number of carbonyl (C=O) groups excluding carboxylic acids is 3. The first-order valence-electron chi connectivity index (χ1n) is 31.6. The van der Waals surface area contributed by atoms with Gasteiger partial charge in [-0.3, -0.25) is 14.4 Å². The van der Waals surface area contributed by atoms with Crippen LogP contribution in [0.2, 0.25) is 0 Å². The van der Waals surface area contributed by atoms with E-state index in [0.29, 0.717) is 19.3 Å². The summed E-state index contributed by atoms with van der Waals surface area (Å²) in [6.07, 6.45) is 81.7. The molecule has 0 saturated carbocycles. The van der Waals surface area contributed by atoms with Gasteiger partial charge in [-0.1, -0.05) is 286 Å². The molecule has 74 heavy (non-hydrogen) atoms. The number of hydrogen-bond donors (Lipinski definition) is 0. The molecule has 0 aliphatic rings. The zero-order valence-corrected chi connectivity index (χ0v) is 48.8. The molecule has 6 heteroatoms. The molecule has 426 valence electrons. The van der Waals surface area contributed by atoms with Gasteiger partial charge in [0.15, 0.2) is 6.10 Å². The zero-order valence-electron chi connectivity index (χ0n) is 48.8. The van der Waals surface area contributed by atoms with Crippen LogP contribution in [0.4, 0.5) is 0 Å². The first kappa shape index (κ1) is 70.6. The van der Waals surface area contributed by atoms with Gasteiger partial charge < -0.3 is 14.2 Å². The van der Waals surface area contributed by atoms with Crippen molar-refractivity contribution in [1.82, 2.24) is 0 Å². The van der Waals surface area contributed by atoms with Crippen LogP contribution in [-0.4, -0.2) is 37.2 Å². The van der Waals surface area contributed by atoms with E-state index in [9.17, 15) is 14.4 Å². The molecule has 0 amide bonds. The van der Waals surface area contributed by atoms with Crippen molar-refractivity contribution in [2.45, 2.75) is 316 Å². The molecular weight excluding hydrogens is 913 g/mol. The Morgan fingerprint density at radius 1 is 0.284 bits per heavy atom. The van der Waals surface area contributed by atoms with Crippen LogP contribution < -0.4 is 0 Å². The van der Waals surface area contributed by atoms with Gasteiger partial charge in [0, 0.05) is 19.3 Å². The molecule has 0 aromatic rings. The summed E-state index contributed by atoms with van der Waals surface area (Å²) in [7, 11) is 0. The Labute approximate surface area is 458 Å². The number of carbonyl (C=O) groups is 3. The maximum absolute atomic E-state index is 12.9. The van der Waals surface area contributed by atoms with E-state index >= 15 is 0 Å². The average molecular weight is 1030 g/mol. The molecule has 1 unspecified atom stereocenters. The van der Waals surface area contributed by atoms with Gasteiger partial charge >= 0.3 is 17.9 Å². The lowest BCUT2D eigenvalue weighted by atomic mass is 10.0. The molecule has 0 fully saturated rings. The van der Waals surface area contributed by atoms with E-state index in [-0.39, 0.29) is 37.5 Å². The van der Waals surface area contributed by atoms with Crippen molar-refractivity contribution in [3.05, 3.63) is 85.1 Å². The van der Waals surface area contributed by atoms with Gasteiger partial charge in [-0.2, -0.15) is 0 Å². The van der Waals surface area contributed by atoms with Gasteiger partial charge in [0.1, 0.15) is 13.2 Å². The largest absolute Gasteiger partial charge is 0.462 e. The third-order valence-corrected chi connectivity index (χ3v) is 13.6. The molecule has 0 bridgehead atoms. The lowest BCUT2D eigenvalue weighted by Crippen LogP contribution is -2.30. The Hall–Kier alpha value is -3.41. The van der Waals surface area contributed by atoms with Gasteiger partial charge in [-0.15, -0.1) is 0 Å². The third-order valence-electron chi connectivity index (χ3n) is 13.6. The van der Waals surface area contributed by atoms with E-state index in [1.165, 1.54) is 180 Å². The molecular formula is C68H118O6. The fraction of sp³-hybridized carbons (Fsp3) is 0.750. The number of hydrogen-bond acceptors (Lipinski definition) is 6. The van der Waals surface area contributed by atoms with E-state index in [0.717, 1.165) is 83.5 Å². The van der Waals surface area contributed by atoms with Crippen molar-refractivity contribution in [3.63, 3.8) is 0 Å². The van der Waals surface area contributed by atoms with Gasteiger partial charge in [-0.25, -0.2) is 0 Å². The second kappa shape index (κ2) is 62.1. The number of ether oxygens (including phenoxy) is 3. The van der Waals surface area contributed by atoms with Crippen LogP contribution in [0.3, 0.4) is 0 Å². The monoisotopic (exact) mass is 1030 g/mol. The zero-order chi connectivity index (χ0) is 53.6. The maximum atomic E-state index is 12.9. The van der Waals surface area contributed by atoms with E-state index in [2.05, 4.69) is 106 Å². The lowest BCUT2D eigenvalue weighted by Gasteiger charge is -2.18. The van der Waals surface area contributed by atoms with Crippen LogP contribution in [0.25, 0.3) is 0 Å². The highest BCUT2D eigenvalue weighted by molar-refractivity contribution is 5.71. The van der Waals surface area contributed by atoms with Gasteiger partial charge in [0.2, 0.25) is 0 Å². The fourth-order valence-corrected chi connectivity index (χ4v) is 8.92. The Morgan fingerprint density at radius 3 is 0.865 bits per heavy atom. The van der Waals surface area contributed by atoms with Gasteiger partial charge in [0.25, 0.3) is 0 Å². The summed E-state index contributed by atoms with van der Waals surface area (Å²) in [6.45, 7) is 6.50. The molecule has 0 aliphatic carbocycles. The Balaban J connectivity index is 4.35. The summed E-state index contributed by atoms with van der Waals surface area (Å²) in [6, 6.07) is 0. The van der Waals surface area contributed by atoms with Gasteiger partial charge in [0.05, 0.1) is 0 Å². The van der Waals surface area contributed by atoms with E-state index in [1.807, 2.05) is 0 Å². The third kappa shape index (κ3) is 59.5. The molecule has 0 rings (SSSR count). The number of unbranched alkanes of at least 4 members (excludes halogenated alkanes) is 32. The first-order chi connectivity index (χ1) is 36.5. The van der Waals surface area contributed by atoms with Crippen LogP contribution >= 0.6 is 0 Å². The predicted octanol–water partition coefficient (Wildman–Crippen LogP) is 21.5. The van der Waals surface area contributed by atoms with Crippen molar-refractivity contribution >= 4 is 17.9 Å². The molecule has 0 aromatic heterocycles. The van der Waals surface area contributed by atoms with Crippen LogP contribution in [0.5, 0.6) is 0 Å². The normalized spacial score (nSPS) is 12.6. The number of esters is 3. The Morgan fingerprint density at radius 2 is 0.541 bits per heavy atom. The quantitative estimate of drug-likeness (QED) is 0.0261. The summed E-state index contributed by atoms with van der Waals surface area (Å²) in [4.78, 5) is 38.2. The molecule has 6 nitrogen and oxygen atoms in total. The molecule has 0 spiro atoms. The fourth-order valence-electron chi connectivity index (χ4n) is 8.92. The average Bonchev–Trinajstić information content (AvgIpc) is 3.40. The smallest absolute Gasteiger partial charge is 0.306 e. The van der Waals surface area contributed by atoms with E-state index in [4.69, 9.17) is 14.2 Å². The minimum atomic E-state index is -0.806. The summed E-state index contributed by atoms with van der Waals surface area (Å²) in [5.74, 6) is -0.944. The van der Waals surface area contributed by atoms with Crippen molar-refractivity contribution in [3.8, 4) is 0 Å². The molecule has 0 heterocycles. The topological polar surface area (TPSA) is 78.9 Å². The number of allylic oxidation sites excluding steroid dienone is 14. The minimum Gasteiger partial charge on any atom is -0.462 e. The van der Waals surface area contributed by atoms with Crippen molar-refractivity contribution in [1.29, 1.82) is 0 Å². The van der Waals surface area contributed by atoms with E-state index < -0.39 is 6.10 Å². The van der Waals surface area contributed by atoms with Crippen molar-refractivity contribution < 1.29 is 28.6 Å². The summed E-state index contributed by atoms with van der Waals surface area (Å²) < 4.78 is 16.9. The molecule has 0 aromatic carbocycles. The molecule has 0 radical (unpaired) electrons. The SMILES string of the molecule is CC/C=C\C/C=C\C/C=C\C/C=C\C/C=C\CCCC(=O)OC(COC(=O)CCCCCCCCCCCCCCCC)COC(=O)CCCCCCCCCCCCCCC/C=C\C/C=C\CCCCCCC. The second-order valence-electron chi connectivity index (χ2n) is 20.9. The van der Waals surface area contributed by atoms with Crippen LogP contribution in [0.15, 0.2) is 85.1 Å². The van der Waals surface area contributed by atoms with Crippen LogP contribution in [0.1, 0.15) is 310 Å². The summed E-state index contributed by atoms with van der Waals surface area (Å²) in [5, 5.41) is 0. The highest BCUT2D eigenvalue weighted by Gasteiger charge is 2.19. The highest BCUT2D eigenvalue weighted by atomic mass is 16.6. The van der Waals surface area contributed by atoms with Gasteiger partial charge in [-0.05, 0) is 89.9 Å². The predicted molar refractivity (Wildman–Crippen MR) is 321 cm³/mol. The summed E-state index contributed by atoms with van der Waals surface area (Å²) in [5.41, 5.74) is 0. The first-order valence-corrected chi connectivity index (χ1v) is 31.6. The highest BCUT2D eigenvalue weighted by Crippen LogP contribution is 2.16. The molecule has 1 atom stereocenters. The van der Waals surface area contributed by atoms with Crippen LogP contribution in [0, 0.1) is 0 Å². The van der Waals surface area contributed by atoms with Crippen molar-refractivity contribution in [2.24, 2.45) is 0 Å². The Kier molecular flexibility index (Phi) is 59.3. The summed E-state index contributed by atoms with van der Waals surface area (Å²) >= 11 is 0. The Bertz CT molecular complexity index is 1420. The number of rotatable bonds is 57.